The number of carbonyl (C=O) groups excluding carboxylic acids is 1. The maximum Gasteiger partial charge on any atom is 0.375 e. The third-order valence-electron chi connectivity index (χ3n) is 2.62. The molecule has 0 unspecified atom stereocenters. The molecule has 1 amide bonds. The van der Waals surface area contributed by atoms with Gasteiger partial charge in [-0.15, -0.1) is 0 Å². The van der Waals surface area contributed by atoms with Gasteiger partial charge in [0.25, 0.3) is 0 Å². The van der Waals surface area contributed by atoms with Crippen molar-refractivity contribution in [2.24, 2.45) is 0 Å². The number of hydrogen-bond donors (Lipinski definition) is 1. The van der Waals surface area contributed by atoms with Crippen LogP contribution < -0.4 is 5.32 Å². The maximum absolute atomic E-state index is 11.2. The Balaban J connectivity index is 0.00000289. The third-order valence-corrected chi connectivity index (χ3v) is 2.62. The Morgan fingerprint density at radius 2 is 2.06 bits per heavy atom. The molecule has 0 aromatic heterocycles. The van der Waals surface area contributed by atoms with Gasteiger partial charge < -0.3 is 10.1 Å². The van der Waals surface area contributed by atoms with Gasteiger partial charge in [0.1, 0.15) is 0 Å². The quantitative estimate of drug-likeness (QED) is 0.866. The number of rotatable bonds is 3. The predicted molar refractivity (Wildman–Crippen MR) is 69.1 cm³/mol. The van der Waals surface area contributed by atoms with Crippen molar-refractivity contribution in [3.8, 4) is 0 Å². The molecule has 0 atom stereocenters. The van der Waals surface area contributed by atoms with E-state index in [1.165, 1.54) is 0 Å². The van der Waals surface area contributed by atoms with Crippen LogP contribution in [0.4, 0.5) is 4.79 Å². The fourth-order valence-electron chi connectivity index (χ4n) is 1.54. The minimum absolute atomic E-state index is 0. The van der Waals surface area contributed by atoms with Gasteiger partial charge in [-0.3, -0.25) is 0 Å². The number of carbonyl (C=O) groups is 1. The SMILES string of the molecule is C=C(C)c1cccc(C(C)(C)NC(=O)O[CH2-])c1.[Y]. The summed E-state index contributed by atoms with van der Waals surface area (Å²) in [7, 11) is 3.08. The number of nitrogens with one attached hydrogen (secondary N) is 1. The molecule has 0 spiro atoms. The molecule has 1 aromatic carbocycles. The molecule has 0 saturated carbocycles. The van der Waals surface area contributed by atoms with Crippen LogP contribution in [0.1, 0.15) is 31.9 Å². The molecule has 0 aliphatic heterocycles. The van der Waals surface area contributed by atoms with Crippen molar-refractivity contribution in [3.63, 3.8) is 0 Å². The van der Waals surface area contributed by atoms with Gasteiger partial charge in [0.2, 0.25) is 0 Å². The van der Waals surface area contributed by atoms with Gasteiger partial charge in [0, 0.05) is 32.7 Å². The van der Waals surface area contributed by atoms with Crippen LogP contribution in [-0.4, -0.2) is 6.09 Å². The topological polar surface area (TPSA) is 38.3 Å². The van der Waals surface area contributed by atoms with Crippen molar-refractivity contribution in [1.82, 2.24) is 5.32 Å². The molecule has 0 aliphatic carbocycles. The van der Waals surface area contributed by atoms with E-state index in [1.54, 1.807) is 0 Å². The first-order valence-electron chi connectivity index (χ1n) is 5.37. The molecule has 0 aliphatic rings. The summed E-state index contributed by atoms with van der Waals surface area (Å²) in [6.07, 6.45) is -0.546. The second-order valence-electron chi connectivity index (χ2n) is 4.54. The van der Waals surface area contributed by atoms with E-state index < -0.39 is 11.6 Å². The first-order chi connectivity index (χ1) is 7.86. The smallest absolute Gasteiger partial charge is 0.375 e. The molecule has 1 aromatic rings. The first kappa shape index (κ1) is 17.3. The number of amides is 1. The Labute approximate surface area is 134 Å². The van der Waals surface area contributed by atoms with E-state index in [0.29, 0.717) is 0 Å². The second-order valence-corrected chi connectivity index (χ2v) is 4.54. The second kappa shape index (κ2) is 7.05. The van der Waals surface area contributed by atoms with Crippen molar-refractivity contribution in [2.75, 3.05) is 0 Å². The molecule has 1 radical (unpaired) electrons. The van der Waals surface area contributed by atoms with Gasteiger partial charge in [-0.1, -0.05) is 30.4 Å². The van der Waals surface area contributed by atoms with Crippen molar-refractivity contribution in [1.29, 1.82) is 0 Å². The number of benzene rings is 1. The molecule has 0 fully saturated rings. The number of alkyl carbamates (subject to hydrolysis) is 1. The van der Waals surface area contributed by atoms with E-state index in [1.807, 2.05) is 45.0 Å². The molecule has 0 bridgehead atoms. The van der Waals surface area contributed by atoms with Crippen LogP contribution >= 0.6 is 0 Å². The zero-order valence-electron chi connectivity index (χ0n) is 11.1. The summed E-state index contributed by atoms with van der Waals surface area (Å²) in [4.78, 5) is 11.2. The largest absolute Gasteiger partial charge is 0.624 e. The van der Waals surface area contributed by atoms with Crippen molar-refractivity contribution >= 4 is 11.7 Å². The van der Waals surface area contributed by atoms with Crippen LogP contribution in [0, 0.1) is 7.11 Å². The van der Waals surface area contributed by atoms with E-state index in [4.69, 9.17) is 0 Å². The van der Waals surface area contributed by atoms with Gasteiger partial charge >= 0.3 is 6.09 Å². The molecular formula is C14H18NO2Y-. The van der Waals surface area contributed by atoms with Crippen LogP contribution in [0.5, 0.6) is 0 Å². The van der Waals surface area contributed by atoms with Gasteiger partial charge in [-0.05, 0) is 38.0 Å². The monoisotopic (exact) mass is 321 g/mol. The fraction of sp³-hybridized carbons (Fsp3) is 0.286. The Morgan fingerprint density at radius 1 is 1.44 bits per heavy atom. The predicted octanol–water partition coefficient (Wildman–Crippen LogP) is 3.47. The first-order valence-corrected chi connectivity index (χ1v) is 5.37. The molecule has 1 rings (SSSR count). The normalized spacial score (nSPS) is 10.2. The summed E-state index contributed by atoms with van der Waals surface area (Å²) in [5, 5.41) is 2.74. The van der Waals surface area contributed by atoms with Crippen LogP contribution in [0.25, 0.3) is 5.57 Å². The van der Waals surface area contributed by atoms with Crippen molar-refractivity contribution in [2.45, 2.75) is 26.3 Å². The minimum Gasteiger partial charge on any atom is -0.624 e. The van der Waals surface area contributed by atoms with E-state index in [2.05, 4.69) is 23.7 Å². The standard InChI is InChI=1S/C14H18NO2.Y/c1-10(2)11-7-6-8-12(9-11)14(3,4)15-13(16)17-5;/h6-9H,1,5H2,2-4H3,(H,15,16);/q-1;. The van der Waals surface area contributed by atoms with Gasteiger partial charge in [0.05, 0.1) is 5.54 Å². The van der Waals surface area contributed by atoms with Gasteiger partial charge in [-0.25, -0.2) is 4.79 Å². The number of allylic oxidation sites excluding steroid dienone is 1. The molecule has 0 saturated heterocycles. The average molecular weight is 321 g/mol. The third kappa shape index (κ3) is 4.54. The fourth-order valence-corrected chi connectivity index (χ4v) is 1.54. The Kier molecular flexibility index (Phi) is 6.79. The van der Waals surface area contributed by atoms with Crippen LogP contribution in [0.2, 0.25) is 0 Å². The summed E-state index contributed by atoms with van der Waals surface area (Å²) in [6, 6.07) is 7.89. The Hall–Kier alpha value is -0.666. The van der Waals surface area contributed by atoms with Crippen molar-refractivity contribution < 1.29 is 42.2 Å². The van der Waals surface area contributed by atoms with Crippen LogP contribution in [0.15, 0.2) is 30.8 Å². The molecule has 18 heavy (non-hydrogen) atoms. The minimum atomic E-state index is -0.546. The number of hydrogen-bond acceptors (Lipinski definition) is 2. The molecule has 95 valence electrons. The van der Waals surface area contributed by atoms with Gasteiger partial charge in [-0.2, -0.15) is 7.11 Å². The Morgan fingerprint density at radius 3 is 2.56 bits per heavy atom. The van der Waals surface area contributed by atoms with E-state index in [9.17, 15) is 4.79 Å². The summed E-state index contributed by atoms with van der Waals surface area (Å²) >= 11 is 0. The Bertz CT molecular complexity index is 441. The maximum atomic E-state index is 11.2. The van der Waals surface area contributed by atoms with E-state index in [0.717, 1.165) is 16.7 Å². The zero-order valence-corrected chi connectivity index (χ0v) is 14.0. The van der Waals surface area contributed by atoms with Gasteiger partial charge in [0.15, 0.2) is 0 Å². The van der Waals surface area contributed by atoms with Crippen LogP contribution in [-0.2, 0) is 43.0 Å². The number of ether oxygens (including phenoxy) is 1. The summed E-state index contributed by atoms with van der Waals surface area (Å²) in [5.74, 6) is 0. The van der Waals surface area contributed by atoms with E-state index in [-0.39, 0.29) is 32.7 Å². The molecule has 4 heteroatoms. The summed E-state index contributed by atoms with van der Waals surface area (Å²) in [6.45, 7) is 9.66. The molecule has 1 N–H and O–H groups in total. The summed E-state index contributed by atoms with van der Waals surface area (Å²) < 4.78 is 4.37. The zero-order chi connectivity index (χ0) is 13.1. The summed E-state index contributed by atoms with van der Waals surface area (Å²) in [5.41, 5.74) is 2.52. The van der Waals surface area contributed by atoms with Crippen LogP contribution in [0.3, 0.4) is 0 Å². The molecule has 0 heterocycles. The molecule has 3 nitrogen and oxygen atoms in total. The molecular weight excluding hydrogens is 303 g/mol. The average Bonchev–Trinajstić information content (AvgIpc) is 2.28. The van der Waals surface area contributed by atoms with E-state index >= 15 is 0 Å². The van der Waals surface area contributed by atoms with Crippen molar-refractivity contribution in [3.05, 3.63) is 49.1 Å².